The van der Waals surface area contributed by atoms with E-state index in [1.165, 1.54) is 5.56 Å². The summed E-state index contributed by atoms with van der Waals surface area (Å²) in [6.45, 7) is 4.13. The Morgan fingerprint density at radius 3 is 2.42 bits per heavy atom. The first kappa shape index (κ1) is 24.2. The fourth-order valence-electron chi connectivity index (χ4n) is 4.96. The Bertz CT molecular complexity index is 1490. The van der Waals surface area contributed by atoms with Gasteiger partial charge in [0.1, 0.15) is 11.5 Å². The zero-order chi connectivity index (χ0) is 25.7. The minimum Gasteiger partial charge on any atom is -0.345 e. The van der Waals surface area contributed by atoms with Crippen molar-refractivity contribution in [2.45, 2.75) is 39.0 Å². The molecule has 0 unspecified atom stereocenters. The zero-order valence-corrected chi connectivity index (χ0v) is 21.4. The van der Waals surface area contributed by atoms with E-state index in [2.05, 4.69) is 86.8 Å². The van der Waals surface area contributed by atoms with Crippen molar-refractivity contribution in [1.82, 2.24) is 30.2 Å². The molecule has 0 bridgehead atoms. The van der Waals surface area contributed by atoms with E-state index in [0.29, 0.717) is 25.6 Å². The van der Waals surface area contributed by atoms with Crippen molar-refractivity contribution in [2.75, 3.05) is 13.2 Å². The number of benzene rings is 3. The second-order valence-electron chi connectivity index (χ2n) is 9.41. The zero-order valence-electron chi connectivity index (χ0n) is 21.4. The lowest BCUT2D eigenvalue weighted by molar-refractivity contribution is -0.0471. The van der Waals surface area contributed by atoms with Gasteiger partial charge < -0.3 is 14.0 Å². The summed E-state index contributed by atoms with van der Waals surface area (Å²) in [5.41, 5.74) is 7.45. The molecule has 1 N–H and O–H groups in total. The van der Waals surface area contributed by atoms with Gasteiger partial charge in [-0.25, -0.2) is 4.98 Å². The lowest BCUT2D eigenvalue weighted by atomic mass is 9.90. The van der Waals surface area contributed by atoms with Crippen LogP contribution in [-0.4, -0.2) is 43.4 Å². The average Bonchev–Trinajstić information content (AvgIpc) is 3.75. The van der Waals surface area contributed by atoms with E-state index in [1.54, 1.807) is 0 Å². The van der Waals surface area contributed by atoms with Crippen LogP contribution in [0.3, 0.4) is 0 Å². The number of nitrogens with one attached hydrogen (secondary N) is 1. The first-order valence-corrected chi connectivity index (χ1v) is 13.1. The molecular formula is C30H30N6O2. The minimum absolute atomic E-state index is 0.375. The van der Waals surface area contributed by atoms with Gasteiger partial charge in [-0.3, -0.25) is 0 Å². The third-order valence-corrected chi connectivity index (χ3v) is 6.82. The van der Waals surface area contributed by atoms with Gasteiger partial charge in [0.05, 0.1) is 13.2 Å². The molecule has 1 saturated heterocycles. The van der Waals surface area contributed by atoms with Crippen molar-refractivity contribution in [3.05, 3.63) is 96.1 Å². The maximum atomic E-state index is 5.73. The summed E-state index contributed by atoms with van der Waals surface area (Å²) in [5, 5.41) is 14.8. The van der Waals surface area contributed by atoms with Crippen LogP contribution in [0.5, 0.6) is 0 Å². The molecule has 38 heavy (non-hydrogen) atoms. The van der Waals surface area contributed by atoms with Crippen molar-refractivity contribution < 1.29 is 9.47 Å². The number of nitrogens with zero attached hydrogens (tertiary/aromatic N) is 5. The Morgan fingerprint density at radius 1 is 0.895 bits per heavy atom. The molecule has 8 nitrogen and oxygen atoms in total. The van der Waals surface area contributed by atoms with Crippen LogP contribution in [0, 0.1) is 0 Å². The number of tetrazole rings is 1. The average molecular weight is 507 g/mol. The number of aromatic amines is 1. The molecule has 192 valence electrons. The number of unbranched alkanes of at least 4 members (excludes halogenated alkanes) is 1. The highest BCUT2D eigenvalue weighted by atomic mass is 16.7. The standard InChI is InChI=1S/C30H30N6O2/c1-2-3-13-28-31-27(30-37-16-17-38-30)20-36(28)19-21-14-15-24(26(18-21)22-9-5-4-6-10-22)23-11-7-8-12-25(23)29-32-34-35-33-29/h4-12,14-15,18,20,30H,2-3,13,16-17,19H2,1H3,(H,32,33,34,35). The molecular weight excluding hydrogens is 476 g/mol. The van der Waals surface area contributed by atoms with Crippen LogP contribution in [0.4, 0.5) is 0 Å². The second kappa shape index (κ2) is 11.1. The first-order chi connectivity index (χ1) is 18.8. The van der Waals surface area contributed by atoms with Crippen LogP contribution < -0.4 is 0 Å². The van der Waals surface area contributed by atoms with E-state index in [4.69, 9.17) is 14.5 Å². The number of H-pyrrole nitrogens is 1. The quantitative estimate of drug-likeness (QED) is 0.270. The highest BCUT2D eigenvalue weighted by Gasteiger charge is 2.23. The number of aromatic nitrogens is 6. The molecule has 0 aliphatic carbocycles. The Balaban J connectivity index is 1.41. The van der Waals surface area contributed by atoms with Gasteiger partial charge >= 0.3 is 0 Å². The van der Waals surface area contributed by atoms with Crippen LogP contribution in [0.1, 0.15) is 43.1 Å². The molecule has 0 spiro atoms. The number of hydrogen-bond acceptors (Lipinski definition) is 6. The number of ether oxygens (including phenoxy) is 2. The Hall–Kier alpha value is -4.14. The predicted octanol–water partition coefficient (Wildman–Crippen LogP) is 5.83. The molecule has 3 aromatic carbocycles. The van der Waals surface area contributed by atoms with Crippen molar-refractivity contribution in [2.24, 2.45) is 0 Å². The highest BCUT2D eigenvalue weighted by molar-refractivity contribution is 5.90. The number of hydrogen-bond donors (Lipinski definition) is 1. The Kier molecular flexibility index (Phi) is 7.06. The van der Waals surface area contributed by atoms with Crippen molar-refractivity contribution in [3.8, 4) is 33.6 Å². The third kappa shape index (κ3) is 5.01. The van der Waals surface area contributed by atoms with Crippen LogP contribution >= 0.6 is 0 Å². The lowest BCUT2D eigenvalue weighted by Gasteiger charge is -2.16. The van der Waals surface area contributed by atoms with E-state index >= 15 is 0 Å². The fraction of sp³-hybridized carbons (Fsp3) is 0.267. The van der Waals surface area contributed by atoms with Gasteiger partial charge in [0.15, 0.2) is 0 Å². The maximum absolute atomic E-state index is 5.73. The third-order valence-electron chi connectivity index (χ3n) is 6.82. The topological polar surface area (TPSA) is 90.7 Å². The summed E-state index contributed by atoms with van der Waals surface area (Å²) in [5.74, 6) is 1.64. The highest BCUT2D eigenvalue weighted by Crippen LogP contribution is 2.38. The smallest absolute Gasteiger partial charge is 0.205 e. The fourth-order valence-corrected chi connectivity index (χ4v) is 4.96. The van der Waals surface area contributed by atoms with E-state index in [9.17, 15) is 0 Å². The van der Waals surface area contributed by atoms with Gasteiger partial charge in [-0.2, -0.15) is 5.21 Å². The second-order valence-corrected chi connectivity index (χ2v) is 9.41. The van der Waals surface area contributed by atoms with Crippen LogP contribution in [-0.2, 0) is 22.4 Å². The molecule has 0 saturated carbocycles. The maximum Gasteiger partial charge on any atom is 0.205 e. The molecule has 6 rings (SSSR count). The number of aryl methyl sites for hydroxylation is 1. The van der Waals surface area contributed by atoms with Gasteiger partial charge in [0.2, 0.25) is 12.1 Å². The van der Waals surface area contributed by atoms with Gasteiger partial charge in [-0.1, -0.05) is 80.1 Å². The summed E-state index contributed by atoms with van der Waals surface area (Å²) >= 11 is 0. The molecule has 1 aliphatic heterocycles. The van der Waals surface area contributed by atoms with Crippen molar-refractivity contribution in [3.63, 3.8) is 0 Å². The SMILES string of the molecule is CCCCc1nc(C2OCCO2)cn1Cc1ccc(-c2ccccc2-c2nn[nH]n2)c(-c2ccccc2)c1. The molecule has 1 fully saturated rings. The molecule has 0 radical (unpaired) electrons. The van der Waals surface area contributed by atoms with Crippen molar-refractivity contribution in [1.29, 1.82) is 0 Å². The molecule has 0 amide bonds. The van der Waals surface area contributed by atoms with E-state index in [0.717, 1.165) is 58.6 Å². The lowest BCUT2D eigenvalue weighted by Crippen LogP contribution is -2.05. The van der Waals surface area contributed by atoms with Gasteiger partial charge in [0.25, 0.3) is 0 Å². The molecule has 1 aliphatic rings. The number of imidazole rings is 1. The van der Waals surface area contributed by atoms with Gasteiger partial charge in [-0.05, 0) is 45.5 Å². The Labute approximate surface area is 221 Å². The number of rotatable bonds is 9. The van der Waals surface area contributed by atoms with Gasteiger partial charge in [-0.15, -0.1) is 10.2 Å². The molecule has 5 aromatic rings. The van der Waals surface area contributed by atoms with Gasteiger partial charge in [0, 0.05) is 24.7 Å². The normalized spacial score (nSPS) is 13.8. The molecule has 3 heterocycles. The summed E-state index contributed by atoms with van der Waals surface area (Å²) < 4.78 is 13.7. The van der Waals surface area contributed by atoms with Crippen LogP contribution in [0.2, 0.25) is 0 Å². The molecule has 8 heteroatoms. The van der Waals surface area contributed by atoms with Crippen LogP contribution in [0.15, 0.2) is 79.0 Å². The minimum atomic E-state index is -0.375. The first-order valence-electron chi connectivity index (χ1n) is 13.1. The van der Waals surface area contributed by atoms with E-state index in [-0.39, 0.29) is 6.29 Å². The van der Waals surface area contributed by atoms with E-state index < -0.39 is 0 Å². The molecule has 0 atom stereocenters. The predicted molar refractivity (Wildman–Crippen MR) is 145 cm³/mol. The monoisotopic (exact) mass is 506 g/mol. The molecule has 2 aromatic heterocycles. The summed E-state index contributed by atoms with van der Waals surface area (Å²) in [7, 11) is 0. The summed E-state index contributed by atoms with van der Waals surface area (Å²) in [4.78, 5) is 4.90. The largest absolute Gasteiger partial charge is 0.345 e. The summed E-state index contributed by atoms with van der Waals surface area (Å²) in [6, 6.07) is 25.3. The van der Waals surface area contributed by atoms with E-state index in [1.807, 2.05) is 24.3 Å². The van der Waals surface area contributed by atoms with Crippen LogP contribution in [0.25, 0.3) is 33.6 Å². The van der Waals surface area contributed by atoms with Crippen molar-refractivity contribution >= 4 is 0 Å². The Morgan fingerprint density at radius 2 is 1.66 bits per heavy atom. The summed E-state index contributed by atoms with van der Waals surface area (Å²) in [6.07, 6.45) is 4.84.